The molecular weight excluding hydrogens is 322 g/mol. The molecule has 2 fully saturated rings. The number of primary amides is 1. The minimum absolute atomic E-state index is 0.0266. The normalized spacial score (nSPS) is 23.4. The molecule has 0 radical (unpaired) electrons. The smallest absolute Gasteiger partial charge is 0.231 e. The Bertz CT molecular complexity index is 569. The molecule has 2 aliphatic rings. The third kappa shape index (κ3) is 5.02. The molecule has 0 spiro atoms. The summed E-state index contributed by atoms with van der Waals surface area (Å²) in [5.41, 5.74) is 5.25. The minimum Gasteiger partial charge on any atom is -0.374 e. The number of nitrogens with two attached hydrogens (primary N) is 1. The van der Waals surface area contributed by atoms with Crippen LogP contribution in [-0.4, -0.2) is 76.8 Å². The van der Waals surface area contributed by atoms with Crippen molar-refractivity contribution < 1.29 is 14.3 Å². The minimum atomic E-state index is -0.309. The molecule has 1 unspecified atom stereocenters. The van der Waals surface area contributed by atoms with E-state index in [1.165, 1.54) is 0 Å². The van der Waals surface area contributed by atoms with Gasteiger partial charge in [0.2, 0.25) is 11.8 Å². The van der Waals surface area contributed by atoms with Gasteiger partial charge in [-0.05, 0) is 38.4 Å². The number of hydrogen-bond donors (Lipinski definition) is 1. The third-order valence-corrected chi connectivity index (χ3v) is 4.93. The molecule has 2 saturated heterocycles. The van der Waals surface area contributed by atoms with Crippen LogP contribution in [0.4, 0.5) is 0 Å². The fourth-order valence-electron chi connectivity index (χ4n) is 3.64. The lowest BCUT2D eigenvalue weighted by Gasteiger charge is -2.34. The number of piperidine rings is 1. The summed E-state index contributed by atoms with van der Waals surface area (Å²) in [6.45, 7) is 4.47. The first kappa shape index (κ1) is 17.9. The standard InChI is InChI=1S/C17H27N5O3/c18-16(23)13-20-8-3-14(4-9-20)17(24)21-6-2-10-25-15(11-21)12-22-7-1-5-19-22/h1,5,7,14-15H,2-4,6,8-13H2,(H2,18,23). The van der Waals surface area contributed by atoms with Gasteiger partial charge in [-0.3, -0.25) is 19.2 Å². The molecule has 3 heterocycles. The number of carbonyl (C=O) groups is 2. The van der Waals surface area contributed by atoms with Crippen LogP contribution in [0.1, 0.15) is 19.3 Å². The zero-order chi connectivity index (χ0) is 17.6. The van der Waals surface area contributed by atoms with Gasteiger partial charge in [0.15, 0.2) is 0 Å². The topological polar surface area (TPSA) is 93.7 Å². The predicted octanol–water partition coefficient (Wildman–Crippen LogP) is -0.302. The Hall–Kier alpha value is -1.93. The van der Waals surface area contributed by atoms with Crippen molar-refractivity contribution in [1.29, 1.82) is 0 Å². The molecule has 2 N–H and O–H groups in total. The van der Waals surface area contributed by atoms with Gasteiger partial charge in [0, 0.05) is 38.0 Å². The molecule has 1 aromatic rings. The van der Waals surface area contributed by atoms with E-state index in [0.717, 1.165) is 38.9 Å². The van der Waals surface area contributed by atoms with Crippen molar-refractivity contribution in [2.75, 3.05) is 39.3 Å². The Balaban J connectivity index is 1.53. The SMILES string of the molecule is NC(=O)CN1CCC(C(=O)N2CCCOC(Cn3cccn3)C2)CC1. The molecule has 1 aromatic heterocycles. The number of amides is 2. The quantitative estimate of drug-likeness (QED) is 0.788. The first-order valence-electron chi connectivity index (χ1n) is 9.00. The van der Waals surface area contributed by atoms with Gasteiger partial charge in [0.25, 0.3) is 0 Å². The highest BCUT2D eigenvalue weighted by atomic mass is 16.5. The lowest BCUT2D eigenvalue weighted by Crippen LogP contribution is -2.46. The molecule has 1 atom stereocenters. The summed E-state index contributed by atoms with van der Waals surface area (Å²) in [5.74, 6) is -0.0572. The van der Waals surface area contributed by atoms with Gasteiger partial charge in [0.05, 0.1) is 19.2 Å². The van der Waals surface area contributed by atoms with Gasteiger partial charge in [-0.25, -0.2) is 0 Å². The van der Waals surface area contributed by atoms with Crippen LogP contribution in [0.5, 0.6) is 0 Å². The van der Waals surface area contributed by atoms with Gasteiger partial charge < -0.3 is 15.4 Å². The Morgan fingerprint density at radius 1 is 1.24 bits per heavy atom. The summed E-state index contributed by atoms with van der Waals surface area (Å²) in [7, 11) is 0. The van der Waals surface area contributed by atoms with E-state index < -0.39 is 0 Å². The fraction of sp³-hybridized carbons (Fsp3) is 0.706. The van der Waals surface area contributed by atoms with Crippen molar-refractivity contribution in [2.24, 2.45) is 11.7 Å². The highest BCUT2D eigenvalue weighted by molar-refractivity contribution is 5.79. The number of ether oxygens (including phenoxy) is 1. The average Bonchev–Trinajstić information content (AvgIpc) is 2.98. The van der Waals surface area contributed by atoms with E-state index in [1.807, 2.05) is 26.7 Å². The second-order valence-electron chi connectivity index (χ2n) is 6.88. The Kier molecular flexibility index (Phi) is 6.04. The first-order valence-corrected chi connectivity index (χ1v) is 9.00. The molecule has 0 saturated carbocycles. The summed E-state index contributed by atoms with van der Waals surface area (Å²) < 4.78 is 7.74. The van der Waals surface area contributed by atoms with E-state index in [4.69, 9.17) is 10.5 Å². The van der Waals surface area contributed by atoms with Gasteiger partial charge in [-0.1, -0.05) is 0 Å². The predicted molar refractivity (Wildman–Crippen MR) is 91.5 cm³/mol. The maximum atomic E-state index is 12.9. The lowest BCUT2D eigenvalue weighted by atomic mass is 9.95. The second kappa shape index (κ2) is 8.44. The van der Waals surface area contributed by atoms with E-state index in [2.05, 4.69) is 5.10 Å². The lowest BCUT2D eigenvalue weighted by molar-refractivity contribution is -0.138. The van der Waals surface area contributed by atoms with Crippen LogP contribution in [0.25, 0.3) is 0 Å². The summed E-state index contributed by atoms with van der Waals surface area (Å²) in [5, 5.41) is 4.22. The molecule has 2 aliphatic heterocycles. The zero-order valence-corrected chi connectivity index (χ0v) is 14.5. The van der Waals surface area contributed by atoms with Crippen molar-refractivity contribution in [1.82, 2.24) is 19.6 Å². The number of aromatic nitrogens is 2. The van der Waals surface area contributed by atoms with Gasteiger partial charge in [0.1, 0.15) is 0 Å². The molecule has 25 heavy (non-hydrogen) atoms. The van der Waals surface area contributed by atoms with Crippen molar-refractivity contribution in [3.63, 3.8) is 0 Å². The number of hydrogen-bond acceptors (Lipinski definition) is 5. The molecule has 0 bridgehead atoms. The van der Waals surface area contributed by atoms with E-state index >= 15 is 0 Å². The Morgan fingerprint density at radius 2 is 2.04 bits per heavy atom. The van der Waals surface area contributed by atoms with Crippen LogP contribution < -0.4 is 5.73 Å². The van der Waals surface area contributed by atoms with E-state index in [1.54, 1.807) is 6.20 Å². The summed E-state index contributed by atoms with van der Waals surface area (Å²) >= 11 is 0. The maximum Gasteiger partial charge on any atom is 0.231 e. The van der Waals surface area contributed by atoms with Gasteiger partial charge in [-0.2, -0.15) is 5.10 Å². The van der Waals surface area contributed by atoms with E-state index in [-0.39, 0.29) is 30.4 Å². The van der Waals surface area contributed by atoms with Gasteiger partial charge >= 0.3 is 0 Å². The monoisotopic (exact) mass is 349 g/mol. The molecule has 0 aliphatic carbocycles. The van der Waals surface area contributed by atoms with Crippen LogP contribution in [-0.2, 0) is 20.9 Å². The van der Waals surface area contributed by atoms with Crippen LogP contribution in [0.3, 0.4) is 0 Å². The first-order chi connectivity index (χ1) is 12.1. The number of rotatable bonds is 5. The van der Waals surface area contributed by atoms with Crippen LogP contribution in [0, 0.1) is 5.92 Å². The summed E-state index contributed by atoms with van der Waals surface area (Å²) in [4.78, 5) is 27.9. The highest BCUT2D eigenvalue weighted by Crippen LogP contribution is 2.21. The number of likely N-dealkylation sites (tertiary alicyclic amines) is 1. The van der Waals surface area contributed by atoms with E-state index in [9.17, 15) is 9.59 Å². The van der Waals surface area contributed by atoms with Crippen molar-refractivity contribution in [3.05, 3.63) is 18.5 Å². The Labute approximate surface area is 147 Å². The molecular formula is C17H27N5O3. The zero-order valence-electron chi connectivity index (χ0n) is 14.5. The van der Waals surface area contributed by atoms with Crippen molar-refractivity contribution in [2.45, 2.75) is 31.9 Å². The molecule has 138 valence electrons. The van der Waals surface area contributed by atoms with E-state index in [0.29, 0.717) is 19.7 Å². The third-order valence-electron chi connectivity index (χ3n) is 4.93. The number of nitrogens with zero attached hydrogens (tertiary/aromatic N) is 4. The summed E-state index contributed by atoms with van der Waals surface area (Å²) in [6.07, 6.45) is 6.07. The maximum absolute atomic E-state index is 12.9. The Morgan fingerprint density at radius 3 is 2.72 bits per heavy atom. The van der Waals surface area contributed by atoms with Crippen LogP contribution in [0.15, 0.2) is 18.5 Å². The summed E-state index contributed by atoms with van der Waals surface area (Å²) in [6, 6.07) is 1.89. The molecule has 3 rings (SSSR count). The van der Waals surface area contributed by atoms with Crippen LogP contribution in [0.2, 0.25) is 0 Å². The van der Waals surface area contributed by atoms with Crippen molar-refractivity contribution >= 4 is 11.8 Å². The van der Waals surface area contributed by atoms with Gasteiger partial charge in [-0.15, -0.1) is 0 Å². The molecule has 2 amide bonds. The van der Waals surface area contributed by atoms with Crippen LogP contribution >= 0.6 is 0 Å². The fourth-order valence-corrected chi connectivity index (χ4v) is 3.64. The molecule has 0 aromatic carbocycles. The largest absolute Gasteiger partial charge is 0.374 e. The van der Waals surface area contributed by atoms with Crippen molar-refractivity contribution in [3.8, 4) is 0 Å². The molecule has 8 heteroatoms. The second-order valence-corrected chi connectivity index (χ2v) is 6.88. The number of carbonyl (C=O) groups excluding carboxylic acids is 2. The molecule has 8 nitrogen and oxygen atoms in total. The highest BCUT2D eigenvalue weighted by Gasteiger charge is 2.31. The average molecular weight is 349 g/mol.